The van der Waals surface area contributed by atoms with Crippen molar-refractivity contribution in [1.29, 1.82) is 0 Å². The van der Waals surface area contributed by atoms with Crippen molar-refractivity contribution in [3.63, 3.8) is 0 Å². The van der Waals surface area contributed by atoms with Gasteiger partial charge in [0.05, 0.1) is 20.1 Å². The summed E-state index contributed by atoms with van der Waals surface area (Å²) in [5.41, 5.74) is 4.17. The average molecular weight is 476 g/mol. The molecule has 0 atom stereocenters. The molecule has 0 saturated carbocycles. The van der Waals surface area contributed by atoms with Crippen molar-refractivity contribution in [2.24, 2.45) is 0 Å². The first kappa shape index (κ1) is 27.5. The van der Waals surface area contributed by atoms with Crippen molar-refractivity contribution in [3.8, 4) is 11.5 Å². The van der Waals surface area contributed by atoms with Crippen LogP contribution in [0.5, 0.6) is 11.5 Å². The molecule has 35 heavy (non-hydrogen) atoms. The quantitative estimate of drug-likeness (QED) is 0.172. The SMILES string of the molecule is C=C/C=C(\C=C)Oc1ccc(OCCc2cc3cc(CC(=O)OC)ccc3[nH]2)c(CCC)c1.CC. The van der Waals surface area contributed by atoms with Crippen LogP contribution in [0.1, 0.15) is 44.0 Å². The van der Waals surface area contributed by atoms with Crippen molar-refractivity contribution in [2.45, 2.75) is 46.5 Å². The summed E-state index contributed by atoms with van der Waals surface area (Å²) >= 11 is 0. The van der Waals surface area contributed by atoms with E-state index < -0.39 is 0 Å². The number of carbonyl (C=O) groups excluding carboxylic acids is 1. The van der Waals surface area contributed by atoms with Gasteiger partial charge in [-0.25, -0.2) is 0 Å². The molecular formula is C30H37NO4. The number of hydrogen-bond donors (Lipinski definition) is 1. The lowest BCUT2D eigenvalue weighted by atomic mass is 10.1. The molecule has 0 radical (unpaired) electrons. The molecule has 1 N–H and O–H groups in total. The molecule has 0 amide bonds. The Morgan fingerprint density at radius 2 is 1.86 bits per heavy atom. The third-order valence-electron chi connectivity index (χ3n) is 5.22. The molecule has 0 saturated heterocycles. The second-order valence-corrected chi connectivity index (χ2v) is 7.70. The molecule has 1 aromatic heterocycles. The lowest BCUT2D eigenvalue weighted by molar-refractivity contribution is -0.139. The van der Waals surface area contributed by atoms with Gasteiger partial charge >= 0.3 is 5.97 Å². The van der Waals surface area contributed by atoms with E-state index in [9.17, 15) is 4.79 Å². The van der Waals surface area contributed by atoms with Gasteiger partial charge in [0.2, 0.25) is 0 Å². The van der Waals surface area contributed by atoms with E-state index in [-0.39, 0.29) is 12.4 Å². The lowest BCUT2D eigenvalue weighted by Gasteiger charge is -2.13. The topological polar surface area (TPSA) is 60.6 Å². The molecule has 2 aromatic carbocycles. The highest BCUT2D eigenvalue weighted by molar-refractivity contribution is 5.82. The van der Waals surface area contributed by atoms with E-state index in [0.717, 1.165) is 58.5 Å². The number of aromatic nitrogens is 1. The van der Waals surface area contributed by atoms with Crippen LogP contribution < -0.4 is 9.47 Å². The van der Waals surface area contributed by atoms with E-state index in [2.05, 4.69) is 31.1 Å². The van der Waals surface area contributed by atoms with Crippen molar-refractivity contribution < 1.29 is 19.0 Å². The van der Waals surface area contributed by atoms with E-state index in [1.54, 1.807) is 18.2 Å². The van der Waals surface area contributed by atoms with Gasteiger partial charge in [0.25, 0.3) is 0 Å². The van der Waals surface area contributed by atoms with Gasteiger partial charge in [-0.1, -0.05) is 52.5 Å². The predicted molar refractivity (Wildman–Crippen MR) is 144 cm³/mol. The van der Waals surface area contributed by atoms with Gasteiger partial charge < -0.3 is 19.2 Å². The molecule has 0 fully saturated rings. The summed E-state index contributed by atoms with van der Waals surface area (Å²) in [5.74, 6) is 2.02. The monoisotopic (exact) mass is 475 g/mol. The summed E-state index contributed by atoms with van der Waals surface area (Å²) in [5, 5.41) is 1.07. The highest BCUT2D eigenvalue weighted by Gasteiger charge is 2.09. The van der Waals surface area contributed by atoms with Gasteiger partial charge in [-0.15, -0.1) is 0 Å². The number of allylic oxidation sites excluding steroid dienone is 3. The van der Waals surface area contributed by atoms with Crippen molar-refractivity contribution in [3.05, 3.63) is 96.4 Å². The smallest absolute Gasteiger partial charge is 0.309 e. The third kappa shape index (κ3) is 8.21. The van der Waals surface area contributed by atoms with Crippen molar-refractivity contribution in [1.82, 2.24) is 4.98 Å². The fourth-order valence-electron chi connectivity index (χ4n) is 3.62. The van der Waals surface area contributed by atoms with E-state index in [1.165, 1.54) is 7.11 Å². The number of benzene rings is 2. The summed E-state index contributed by atoms with van der Waals surface area (Å²) in [6.07, 6.45) is 8.02. The van der Waals surface area contributed by atoms with Gasteiger partial charge in [-0.05, 0) is 71.5 Å². The maximum atomic E-state index is 11.5. The number of hydrogen-bond acceptors (Lipinski definition) is 4. The molecular weight excluding hydrogens is 438 g/mol. The fourth-order valence-corrected chi connectivity index (χ4v) is 3.62. The van der Waals surface area contributed by atoms with E-state index in [4.69, 9.17) is 14.2 Å². The van der Waals surface area contributed by atoms with Gasteiger partial charge in [-0.3, -0.25) is 4.79 Å². The number of aryl methyl sites for hydroxylation is 1. The molecule has 0 aliphatic carbocycles. The van der Waals surface area contributed by atoms with Crippen LogP contribution in [0.2, 0.25) is 0 Å². The van der Waals surface area contributed by atoms with Gasteiger partial charge in [0.1, 0.15) is 17.3 Å². The first-order valence-electron chi connectivity index (χ1n) is 12.1. The molecule has 0 spiro atoms. The van der Waals surface area contributed by atoms with E-state index in [0.29, 0.717) is 12.4 Å². The summed E-state index contributed by atoms with van der Waals surface area (Å²) < 4.78 is 16.8. The number of rotatable bonds is 12. The summed E-state index contributed by atoms with van der Waals surface area (Å²) in [7, 11) is 1.40. The Labute approximate surface area is 209 Å². The number of esters is 1. The minimum absolute atomic E-state index is 0.241. The molecule has 3 rings (SSSR count). The number of H-pyrrole nitrogens is 1. The lowest BCUT2D eigenvalue weighted by Crippen LogP contribution is -2.04. The molecule has 0 aliphatic heterocycles. The normalized spacial score (nSPS) is 10.8. The number of ether oxygens (including phenoxy) is 3. The molecule has 5 heteroatoms. The third-order valence-corrected chi connectivity index (χ3v) is 5.22. The van der Waals surface area contributed by atoms with Crippen LogP contribution in [-0.2, 0) is 28.8 Å². The Bertz CT molecular complexity index is 1160. The molecule has 0 aliphatic rings. The molecule has 1 heterocycles. The van der Waals surface area contributed by atoms with Crippen LogP contribution in [0.3, 0.4) is 0 Å². The highest BCUT2D eigenvalue weighted by atomic mass is 16.5. The second-order valence-electron chi connectivity index (χ2n) is 7.70. The van der Waals surface area contributed by atoms with Crippen LogP contribution in [0.15, 0.2) is 79.6 Å². The van der Waals surface area contributed by atoms with Gasteiger partial charge in [0, 0.05) is 17.6 Å². The molecule has 186 valence electrons. The zero-order valence-electron chi connectivity index (χ0n) is 21.4. The Morgan fingerprint density at radius 3 is 2.54 bits per heavy atom. The Kier molecular flexibility index (Phi) is 11.4. The fraction of sp³-hybridized carbons (Fsp3) is 0.300. The predicted octanol–water partition coefficient (Wildman–Crippen LogP) is 7.12. The highest BCUT2D eigenvalue weighted by Crippen LogP contribution is 2.27. The standard InChI is InChI=1S/C28H31NO4.C2H6/c1-5-8-21-19-25(33-24(7-3)9-6-2)11-13-27(21)32-15-14-23-18-22-16-20(17-28(30)31-4)10-12-26(22)29-23;1-2/h6-7,9-13,16,18-19,29H,2-3,5,8,14-15,17H2,1,4H3;1-2H3/b24-9+;. The number of carbonyl (C=O) groups is 1. The summed E-state index contributed by atoms with van der Waals surface area (Å²) in [4.78, 5) is 15.0. The molecule has 5 nitrogen and oxygen atoms in total. The van der Waals surface area contributed by atoms with Crippen LogP contribution in [-0.4, -0.2) is 24.7 Å². The largest absolute Gasteiger partial charge is 0.493 e. The molecule has 0 unspecified atom stereocenters. The van der Waals surface area contributed by atoms with Crippen LogP contribution in [0.4, 0.5) is 0 Å². The molecule has 3 aromatic rings. The zero-order valence-corrected chi connectivity index (χ0v) is 21.4. The first-order chi connectivity index (χ1) is 17.1. The van der Waals surface area contributed by atoms with Crippen LogP contribution >= 0.6 is 0 Å². The zero-order chi connectivity index (χ0) is 25.6. The van der Waals surface area contributed by atoms with Crippen LogP contribution in [0, 0.1) is 0 Å². The Balaban J connectivity index is 0.00000210. The average Bonchev–Trinajstić information content (AvgIpc) is 3.28. The number of methoxy groups -OCH3 is 1. The van der Waals surface area contributed by atoms with Crippen molar-refractivity contribution >= 4 is 16.9 Å². The number of aromatic amines is 1. The Hall–Kier alpha value is -3.73. The summed E-state index contributed by atoms with van der Waals surface area (Å²) in [6, 6.07) is 13.9. The first-order valence-corrected chi connectivity index (χ1v) is 12.1. The van der Waals surface area contributed by atoms with Crippen molar-refractivity contribution in [2.75, 3.05) is 13.7 Å². The summed E-state index contributed by atoms with van der Waals surface area (Å²) in [6.45, 7) is 14.2. The minimum Gasteiger partial charge on any atom is -0.493 e. The second kappa shape index (κ2) is 14.5. The number of nitrogens with one attached hydrogen (secondary N) is 1. The van der Waals surface area contributed by atoms with E-state index in [1.807, 2.05) is 50.2 Å². The number of fused-ring (bicyclic) bond motifs is 1. The van der Waals surface area contributed by atoms with Gasteiger partial charge in [0.15, 0.2) is 0 Å². The van der Waals surface area contributed by atoms with Gasteiger partial charge in [-0.2, -0.15) is 0 Å². The molecule has 0 bridgehead atoms. The minimum atomic E-state index is -0.241. The Morgan fingerprint density at radius 1 is 1.06 bits per heavy atom. The van der Waals surface area contributed by atoms with E-state index >= 15 is 0 Å². The maximum Gasteiger partial charge on any atom is 0.309 e. The maximum absolute atomic E-state index is 11.5. The van der Waals surface area contributed by atoms with Crippen LogP contribution in [0.25, 0.3) is 10.9 Å².